The third-order valence-corrected chi connectivity index (χ3v) is 6.28. The lowest BCUT2D eigenvalue weighted by atomic mass is 10.1. The summed E-state index contributed by atoms with van der Waals surface area (Å²) in [6.45, 7) is 7.03. The van der Waals surface area contributed by atoms with E-state index in [4.69, 9.17) is 31.2 Å². The van der Waals surface area contributed by atoms with Crippen LogP contribution in [0.3, 0.4) is 0 Å². The molecule has 36 heavy (non-hydrogen) atoms. The monoisotopic (exact) mass is 526 g/mol. The van der Waals surface area contributed by atoms with Crippen LogP contribution in [0.1, 0.15) is 32.8 Å². The molecule has 1 N–H and O–H groups in total. The van der Waals surface area contributed by atoms with Crippen LogP contribution in [0.25, 0.3) is 6.08 Å². The largest absolute Gasteiger partial charge is 0.490 e. The van der Waals surface area contributed by atoms with Crippen molar-refractivity contribution in [1.29, 1.82) is 5.41 Å². The van der Waals surface area contributed by atoms with Gasteiger partial charge in [-0.3, -0.25) is 10.2 Å². The van der Waals surface area contributed by atoms with E-state index < -0.39 is 5.91 Å². The minimum atomic E-state index is -0.493. The van der Waals surface area contributed by atoms with Crippen LogP contribution in [0.5, 0.6) is 17.2 Å². The number of hydrogen-bond acceptors (Lipinski definition) is 7. The Bertz CT molecular complexity index is 1240. The fourth-order valence-electron chi connectivity index (χ4n) is 3.52. The molecule has 2 aromatic rings. The third kappa shape index (κ3) is 6.09. The van der Waals surface area contributed by atoms with Gasteiger partial charge in [-0.15, -0.1) is 0 Å². The van der Waals surface area contributed by atoms with E-state index in [2.05, 4.69) is 23.9 Å². The highest BCUT2D eigenvalue weighted by atomic mass is 35.5. The van der Waals surface area contributed by atoms with E-state index in [9.17, 15) is 4.79 Å². The first-order valence-corrected chi connectivity index (χ1v) is 12.8. The first-order valence-electron chi connectivity index (χ1n) is 11.6. The summed E-state index contributed by atoms with van der Waals surface area (Å²) in [5.74, 6) is 1.46. The number of carbonyl (C=O) groups excluding carboxylic acids is 1. The number of benzene rings is 2. The normalized spacial score (nSPS) is 16.2. The van der Waals surface area contributed by atoms with Crippen molar-refractivity contribution in [2.24, 2.45) is 16.0 Å². The standard InChI is InChI=1S/C26H27ClN4O4S/c1-4-33-21-15-17(14-20(27)23(21)35-11-10-34-18-8-6-5-7-9-18)13-19-24(28)31-26(29-25(19)32)36-22(30-31)12-16(2)3/h5-9,13-16,28H,4,10-12H2,1-3H3/b19-13-,28-24?. The molecule has 188 valence electrons. The van der Waals surface area contributed by atoms with E-state index in [1.165, 1.54) is 16.8 Å². The summed E-state index contributed by atoms with van der Waals surface area (Å²) in [6, 6.07) is 12.8. The number of aliphatic imine (C=N–C) groups is 1. The van der Waals surface area contributed by atoms with E-state index in [0.29, 0.717) is 46.4 Å². The zero-order valence-corrected chi connectivity index (χ0v) is 21.9. The van der Waals surface area contributed by atoms with Gasteiger partial charge in [0, 0.05) is 6.42 Å². The van der Waals surface area contributed by atoms with Crippen LogP contribution >= 0.6 is 23.4 Å². The molecule has 0 fully saturated rings. The number of amides is 1. The second kappa shape index (κ2) is 11.6. The lowest BCUT2D eigenvalue weighted by Crippen LogP contribution is -2.35. The summed E-state index contributed by atoms with van der Waals surface area (Å²) >= 11 is 7.87. The van der Waals surface area contributed by atoms with E-state index in [-0.39, 0.29) is 18.0 Å². The van der Waals surface area contributed by atoms with Crippen LogP contribution < -0.4 is 14.2 Å². The SMILES string of the molecule is CCOc1cc(/C=C2/C(=N)N3N=C(CC(C)C)SC3=NC2=O)cc(Cl)c1OCCOc1ccccc1. The average molecular weight is 527 g/mol. The summed E-state index contributed by atoms with van der Waals surface area (Å²) in [4.78, 5) is 16.9. The maximum atomic E-state index is 12.7. The van der Waals surface area contributed by atoms with Gasteiger partial charge in [-0.1, -0.05) is 43.6 Å². The molecule has 8 nitrogen and oxygen atoms in total. The van der Waals surface area contributed by atoms with E-state index in [1.807, 2.05) is 37.3 Å². The number of carbonyl (C=O) groups is 1. The fraction of sp³-hybridized carbons (Fsp3) is 0.308. The Hall–Kier alpha value is -3.30. The molecule has 0 saturated carbocycles. The second-order valence-electron chi connectivity index (χ2n) is 8.38. The first-order chi connectivity index (χ1) is 17.4. The van der Waals surface area contributed by atoms with Crippen molar-refractivity contribution in [1.82, 2.24) is 5.01 Å². The van der Waals surface area contributed by atoms with Crippen molar-refractivity contribution in [2.45, 2.75) is 27.2 Å². The predicted octanol–water partition coefficient (Wildman–Crippen LogP) is 5.86. The summed E-state index contributed by atoms with van der Waals surface area (Å²) in [5.41, 5.74) is 0.707. The van der Waals surface area contributed by atoms with Crippen molar-refractivity contribution in [3.63, 3.8) is 0 Å². The molecule has 0 aliphatic carbocycles. The number of thioether (sulfide) groups is 1. The van der Waals surface area contributed by atoms with Crippen LogP contribution in [0.4, 0.5) is 0 Å². The van der Waals surface area contributed by atoms with Crippen molar-refractivity contribution in [3.05, 3.63) is 58.6 Å². The predicted molar refractivity (Wildman–Crippen MR) is 145 cm³/mol. The summed E-state index contributed by atoms with van der Waals surface area (Å²) < 4.78 is 17.3. The van der Waals surface area contributed by atoms with Gasteiger partial charge >= 0.3 is 0 Å². The third-order valence-electron chi connectivity index (χ3n) is 5.06. The molecule has 0 saturated heterocycles. The molecule has 10 heteroatoms. The van der Waals surface area contributed by atoms with Gasteiger partial charge in [0.1, 0.15) is 24.0 Å². The van der Waals surface area contributed by atoms with Crippen LogP contribution in [0.2, 0.25) is 5.02 Å². The summed E-state index contributed by atoms with van der Waals surface area (Å²) in [6.07, 6.45) is 2.33. The fourth-order valence-corrected chi connectivity index (χ4v) is 4.90. The lowest BCUT2D eigenvalue weighted by molar-refractivity contribution is -0.114. The lowest BCUT2D eigenvalue weighted by Gasteiger charge is -2.20. The van der Waals surface area contributed by atoms with Gasteiger partial charge < -0.3 is 14.2 Å². The van der Waals surface area contributed by atoms with Gasteiger partial charge in [0.25, 0.3) is 5.91 Å². The quantitative estimate of drug-likeness (QED) is 0.307. The number of fused-ring (bicyclic) bond motifs is 1. The van der Waals surface area contributed by atoms with Crippen LogP contribution in [0, 0.1) is 11.3 Å². The number of ether oxygens (including phenoxy) is 3. The highest BCUT2D eigenvalue weighted by molar-refractivity contribution is 8.26. The molecule has 0 atom stereocenters. The van der Waals surface area contributed by atoms with Gasteiger partial charge in [-0.05, 0) is 60.5 Å². The summed E-state index contributed by atoms with van der Waals surface area (Å²) in [5, 5.41) is 16.0. The molecule has 2 aliphatic heterocycles. The second-order valence-corrected chi connectivity index (χ2v) is 9.83. The first kappa shape index (κ1) is 25.8. The Morgan fingerprint density at radius 1 is 1.14 bits per heavy atom. The number of hydrazone groups is 1. The zero-order chi connectivity index (χ0) is 25.7. The van der Waals surface area contributed by atoms with Gasteiger partial charge in [0.05, 0.1) is 17.2 Å². The number of rotatable bonds is 10. The zero-order valence-electron chi connectivity index (χ0n) is 20.3. The Morgan fingerprint density at radius 3 is 2.61 bits per heavy atom. The van der Waals surface area contributed by atoms with E-state index in [1.54, 1.807) is 18.2 Å². The summed E-state index contributed by atoms with van der Waals surface area (Å²) in [7, 11) is 0. The van der Waals surface area contributed by atoms with Crippen molar-refractivity contribution in [3.8, 4) is 17.2 Å². The topological polar surface area (TPSA) is 96.6 Å². The van der Waals surface area contributed by atoms with Gasteiger partial charge in [-0.2, -0.15) is 15.1 Å². The van der Waals surface area contributed by atoms with Crippen LogP contribution in [-0.2, 0) is 4.79 Å². The highest BCUT2D eigenvalue weighted by Crippen LogP contribution is 2.38. The molecular weight excluding hydrogens is 500 g/mol. The van der Waals surface area contributed by atoms with Gasteiger partial charge in [0.15, 0.2) is 17.3 Å². The van der Waals surface area contributed by atoms with Crippen LogP contribution in [-0.4, -0.2) is 46.8 Å². The smallest absolute Gasteiger partial charge is 0.283 e. The minimum absolute atomic E-state index is 0.0243. The molecule has 0 aromatic heterocycles. The Kier molecular flexibility index (Phi) is 8.32. The molecule has 0 radical (unpaired) electrons. The van der Waals surface area contributed by atoms with Crippen molar-refractivity contribution < 1.29 is 19.0 Å². The molecule has 2 aromatic carbocycles. The maximum absolute atomic E-state index is 12.7. The number of nitrogens with zero attached hydrogens (tertiary/aromatic N) is 3. The number of nitrogens with one attached hydrogen (secondary N) is 1. The van der Waals surface area contributed by atoms with Crippen molar-refractivity contribution >= 4 is 51.4 Å². The molecule has 2 aliphatic rings. The number of para-hydroxylation sites is 1. The Morgan fingerprint density at radius 2 is 1.89 bits per heavy atom. The average Bonchev–Trinajstić information content (AvgIpc) is 3.23. The molecular formula is C26H27ClN4O4S. The molecule has 1 amide bonds. The Labute approximate surface area is 219 Å². The molecule has 2 heterocycles. The van der Waals surface area contributed by atoms with Crippen LogP contribution in [0.15, 0.2) is 58.1 Å². The number of amidine groups is 2. The molecule has 0 bridgehead atoms. The Balaban J connectivity index is 1.52. The van der Waals surface area contributed by atoms with Gasteiger partial charge in [-0.25, -0.2) is 0 Å². The maximum Gasteiger partial charge on any atom is 0.283 e. The highest BCUT2D eigenvalue weighted by Gasteiger charge is 2.35. The van der Waals surface area contributed by atoms with E-state index >= 15 is 0 Å². The van der Waals surface area contributed by atoms with Crippen molar-refractivity contribution in [2.75, 3.05) is 19.8 Å². The minimum Gasteiger partial charge on any atom is -0.490 e. The number of hydrogen-bond donors (Lipinski definition) is 1. The molecule has 0 spiro atoms. The number of halogens is 1. The molecule has 4 rings (SSSR count). The van der Waals surface area contributed by atoms with Gasteiger partial charge in [0.2, 0.25) is 5.17 Å². The molecule has 0 unspecified atom stereocenters. The van der Waals surface area contributed by atoms with E-state index in [0.717, 1.165) is 17.2 Å².